The fourth-order valence-electron chi connectivity index (χ4n) is 4.88. The second kappa shape index (κ2) is 8.60. The number of piperidine rings is 1. The Balaban J connectivity index is 1.21. The van der Waals surface area contributed by atoms with Gasteiger partial charge in [-0.1, -0.05) is 48.2 Å². The van der Waals surface area contributed by atoms with E-state index in [9.17, 15) is 4.79 Å². The monoisotopic (exact) mass is 471 g/mol. The highest BCUT2D eigenvalue weighted by atomic mass is 32.2. The van der Waals surface area contributed by atoms with Crippen molar-refractivity contribution in [2.24, 2.45) is 0 Å². The topological polar surface area (TPSA) is 36.4 Å². The third-order valence-electron chi connectivity index (χ3n) is 6.75. The van der Waals surface area contributed by atoms with Crippen molar-refractivity contribution in [3.8, 4) is 0 Å². The number of hydrogen-bond acceptors (Lipinski definition) is 5. The van der Waals surface area contributed by atoms with Gasteiger partial charge >= 0.3 is 0 Å². The number of nitrogens with zero attached hydrogens (tertiary/aromatic N) is 3. The first-order valence-electron chi connectivity index (χ1n) is 11.5. The molecule has 1 amide bonds. The minimum atomic E-state index is -0.175. The van der Waals surface area contributed by atoms with E-state index in [4.69, 9.17) is 4.98 Å². The van der Waals surface area contributed by atoms with Crippen LogP contribution >= 0.6 is 23.1 Å². The van der Waals surface area contributed by atoms with Crippen LogP contribution in [0.3, 0.4) is 0 Å². The lowest BCUT2D eigenvalue weighted by atomic mass is 9.96. The predicted molar refractivity (Wildman–Crippen MR) is 137 cm³/mol. The van der Waals surface area contributed by atoms with E-state index in [2.05, 4.69) is 60.4 Å². The molecule has 0 bridgehead atoms. The average Bonchev–Trinajstić information content (AvgIpc) is 3.31. The highest BCUT2D eigenvalue weighted by Gasteiger charge is 2.35. The van der Waals surface area contributed by atoms with Crippen molar-refractivity contribution in [1.29, 1.82) is 0 Å². The van der Waals surface area contributed by atoms with Crippen LogP contribution in [0.1, 0.15) is 30.7 Å². The van der Waals surface area contributed by atoms with Crippen LogP contribution in [-0.4, -0.2) is 34.9 Å². The van der Waals surface area contributed by atoms with E-state index in [-0.39, 0.29) is 11.9 Å². The smallest absolute Gasteiger partial charge is 0.248 e. The van der Waals surface area contributed by atoms with Crippen molar-refractivity contribution in [2.75, 3.05) is 18.0 Å². The van der Waals surface area contributed by atoms with Gasteiger partial charge in [-0.25, -0.2) is 4.98 Å². The van der Waals surface area contributed by atoms with Crippen LogP contribution in [0.2, 0.25) is 0 Å². The Hall–Kier alpha value is -2.67. The van der Waals surface area contributed by atoms with E-state index < -0.39 is 0 Å². The second-order valence-electron chi connectivity index (χ2n) is 8.72. The number of carbonyl (C=O) groups is 1. The van der Waals surface area contributed by atoms with Gasteiger partial charge in [-0.05, 0) is 69.3 Å². The molecule has 1 aromatic heterocycles. The summed E-state index contributed by atoms with van der Waals surface area (Å²) in [5.74, 6) is 0.627. The van der Waals surface area contributed by atoms with Crippen LogP contribution in [0.25, 0.3) is 10.2 Å². The molecule has 3 heterocycles. The summed E-state index contributed by atoms with van der Waals surface area (Å²) in [6.07, 6.45) is 2.08. The van der Waals surface area contributed by atoms with E-state index in [1.807, 2.05) is 40.5 Å². The summed E-state index contributed by atoms with van der Waals surface area (Å²) in [5, 5.41) is 1.24. The number of para-hydroxylation sites is 3. The van der Waals surface area contributed by atoms with Gasteiger partial charge in [-0.3, -0.25) is 14.6 Å². The number of aromatic nitrogens is 1. The van der Waals surface area contributed by atoms with Gasteiger partial charge in [0.05, 0.1) is 32.6 Å². The minimum absolute atomic E-state index is 0.147. The molecular weight excluding hydrogens is 446 g/mol. The van der Waals surface area contributed by atoms with Crippen molar-refractivity contribution in [1.82, 2.24) is 9.88 Å². The van der Waals surface area contributed by atoms with Crippen LogP contribution in [0, 0.1) is 0 Å². The molecule has 2 aliphatic heterocycles. The Labute approximate surface area is 202 Å². The Kier molecular flexibility index (Phi) is 5.45. The Bertz CT molecular complexity index is 1250. The van der Waals surface area contributed by atoms with Crippen LogP contribution < -0.4 is 4.90 Å². The van der Waals surface area contributed by atoms with Crippen LogP contribution in [0.15, 0.2) is 82.6 Å². The molecule has 1 atom stereocenters. The number of fused-ring (bicyclic) bond motifs is 3. The van der Waals surface area contributed by atoms with Crippen molar-refractivity contribution in [2.45, 2.75) is 41.5 Å². The largest absolute Gasteiger partial charge is 0.292 e. The molecule has 0 saturated carbocycles. The maximum atomic E-state index is 13.9. The summed E-state index contributed by atoms with van der Waals surface area (Å²) >= 11 is 3.56. The summed E-state index contributed by atoms with van der Waals surface area (Å²) in [6.45, 7) is 3.89. The number of carbonyl (C=O) groups excluding carboxylic acids is 1. The molecule has 4 aromatic rings. The molecule has 1 saturated heterocycles. The van der Waals surface area contributed by atoms with E-state index in [0.717, 1.165) is 52.6 Å². The maximum Gasteiger partial charge on any atom is 0.248 e. The summed E-state index contributed by atoms with van der Waals surface area (Å²) in [6, 6.07) is 24.6. The molecule has 4 nitrogen and oxygen atoms in total. The molecule has 2 aliphatic rings. The van der Waals surface area contributed by atoms with E-state index in [1.54, 1.807) is 11.8 Å². The van der Waals surface area contributed by atoms with E-state index >= 15 is 0 Å². The Morgan fingerprint density at radius 2 is 1.52 bits per heavy atom. The lowest BCUT2D eigenvalue weighted by Gasteiger charge is -2.38. The number of rotatable bonds is 3. The second-order valence-corrected chi connectivity index (χ2v) is 10.9. The van der Waals surface area contributed by atoms with Gasteiger partial charge < -0.3 is 0 Å². The SMILES string of the molecule is C[C@H](C(=O)N1c2ccccc2Sc2ccccc21)N1CCC(c2nc3ccccc3s2)CC1. The third kappa shape index (κ3) is 3.76. The van der Waals surface area contributed by atoms with Gasteiger partial charge in [0, 0.05) is 15.7 Å². The molecule has 0 spiro atoms. The standard InChI is InChI=1S/C27H25N3OS2/c1-18(29-16-14-19(15-17-29)26-28-20-8-2-5-11-23(20)33-26)27(31)30-21-9-3-6-12-24(21)32-25-13-7-4-10-22(25)30/h2-13,18-19H,14-17H2,1H3/t18-/m1/s1. The van der Waals surface area contributed by atoms with Crippen molar-refractivity contribution in [3.05, 3.63) is 77.8 Å². The highest BCUT2D eigenvalue weighted by Crippen LogP contribution is 2.48. The van der Waals surface area contributed by atoms with Gasteiger partial charge in [0.25, 0.3) is 0 Å². The highest BCUT2D eigenvalue weighted by molar-refractivity contribution is 7.99. The lowest BCUT2D eigenvalue weighted by molar-refractivity contribution is -0.123. The zero-order valence-electron chi connectivity index (χ0n) is 18.5. The molecule has 1 fully saturated rings. The normalized spacial score (nSPS) is 17.5. The van der Waals surface area contributed by atoms with E-state index in [0.29, 0.717) is 5.92 Å². The predicted octanol–water partition coefficient (Wildman–Crippen LogP) is 6.69. The van der Waals surface area contributed by atoms with Crippen LogP contribution in [0.5, 0.6) is 0 Å². The zero-order chi connectivity index (χ0) is 22.4. The zero-order valence-corrected chi connectivity index (χ0v) is 20.1. The molecule has 166 valence electrons. The number of thiazole rings is 1. The first-order chi connectivity index (χ1) is 16.2. The molecule has 3 aromatic carbocycles. The van der Waals surface area contributed by atoms with Gasteiger partial charge in [0.1, 0.15) is 0 Å². The number of hydrogen-bond donors (Lipinski definition) is 0. The van der Waals surface area contributed by atoms with E-state index in [1.165, 1.54) is 9.71 Å². The summed E-state index contributed by atoms with van der Waals surface area (Å²) in [7, 11) is 0. The molecule has 6 rings (SSSR count). The van der Waals surface area contributed by atoms with Crippen molar-refractivity contribution in [3.63, 3.8) is 0 Å². The lowest BCUT2D eigenvalue weighted by Crippen LogP contribution is -2.48. The molecule has 0 unspecified atom stereocenters. The van der Waals surface area contributed by atoms with Crippen LogP contribution in [-0.2, 0) is 4.79 Å². The van der Waals surface area contributed by atoms with Crippen LogP contribution in [0.4, 0.5) is 11.4 Å². The third-order valence-corrected chi connectivity index (χ3v) is 9.08. The Morgan fingerprint density at radius 1 is 0.909 bits per heavy atom. The molecule has 33 heavy (non-hydrogen) atoms. The first kappa shape index (κ1) is 20.9. The average molecular weight is 472 g/mol. The van der Waals surface area contributed by atoms with Gasteiger partial charge in [-0.15, -0.1) is 11.3 Å². The molecular formula is C27H25N3OS2. The fraction of sp³-hybridized carbons (Fsp3) is 0.259. The van der Waals surface area contributed by atoms with Crippen molar-refractivity contribution >= 4 is 50.6 Å². The molecule has 0 N–H and O–H groups in total. The van der Waals surface area contributed by atoms with Gasteiger partial charge in [0.2, 0.25) is 5.91 Å². The Morgan fingerprint density at radius 3 is 2.18 bits per heavy atom. The number of likely N-dealkylation sites (tertiary alicyclic amines) is 1. The maximum absolute atomic E-state index is 13.9. The molecule has 6 heteroatoms. The minimum Gasteiger partial charge on any atom is -0.292 e. The summed E-state index contributed by atoms with van der Waals surface area (Å²) in [4.78, 5) is 25.3. The number of benzene rings is 3. The fourth-order valence-corrected chi connectivity index (χ4v) is 7.08. The first-order valence-corrected chi connectivity index (χ1v) is 13.1. The number of amides is 1. The summed E-state index contributed by atoms with van der Waals surface area (Å²) in [5.41, 5.74) is 3.08. The summed E-state index contributed by atoms with van der Waals surface area (Å²) < 4.78 is 1.26. The van der Waals surface area contributed by atoms with Gasteiger partial charge in [-0.2, -0.15) is 0 Å². The van der Waals surface area contributed by atoms with Gasteiger partial charge in [0.15, 0.2) is 0 Å². The number of anilines is 2. The molecule has 0 radical (unpaired) electrons. The molecule has 0 aliphatic carbocycles. The quantitative estimate of drug-likeness (QED) is 0.333. The van der Waals surface area contributed by atoms with Crippen molar-refractivity contribution < 1.29 is 4.79 Å².